The third kappa shape index (κ3) is 3.37. The Bertz CT molecular complexity index is 443. The van der Waals surface area contributed by atoms with Crippen molar-refractivity contribution in [2.24, 2.45) is 11.7 Å². The first-order chi connectivity index (χ1) is 8.56. The number of carbonyl (C=O) groups excluding carboxylic acids is 1. The molecule has 3 nitrogen and oxygen atoms in total. The first-order valence-corrected chi connectivity index (χ1v) is 6.83. The highest BCUT2D eigenvalue weighted by molar-refractivity contribution is 6.36. The molecule has 0 atom stereocenters. The van der Waals surface area contributed by atoms with Gasteiger partial charge in [-0.1, -0.05) is 23.2 Å². The van der Waals surface area contributed by atoms with E-state index < -0.39 is 0 Å². The van der Waals surface area contributed by atoms with Crippen molar-refractivity contribution in [2.45, 2.75) is 31.7 Å². The number of halogens is 2. The fourth-order valence-electron chi connectivity index (χ4n) is 2.21. The van der Waals surface area contributed by atoms with Gasteiger partial charge in [0.2, 0.25) is 5.91 Å². The van der Waals surface area contributed by atoms with Gasteiger partial charge in [-0.2, -0.15) is 0 Å². The molecular formula is C13H16Cl2N2O. The molecular weight excluding hydrogens is 271 g/mol. The van der Waals surface area contributed by atoms with Crippen molar-refractivity contribution < 1.29 is 4.79 Å². The molecule has 1 aromatic rings. The zero-order valence-electron chi connectivity index (χ0n) is 9.96. The lowest BCUT2D eigenvalue weighted by Gasteiger charge is -2.25. The van der Waals surface area contributed by atoms with Crippen LogP contribution in [-0.2, 0) is 4.79 Å². The van der Waals surface area contributed by atoms with Gasteiger partial charge in [0.15, 0.2) is 0 Å². The maximum absolute atomic E-state index is 12.1. The zero-order chi connectivity index (χ0) is 13.1. The number of benzene rings is 1. The molecule has 1 saturated carbocycles. The number of nitrogens with one attached hydrogen (secondary N) is 1. The van der Waals surface area contributed by atoms with E-state index in [-0.39, 0.29) is 17.9 Å². The van der Waals surface area contributed by atoms with E-state index in [1.807, 2.05) is 0 Å². The number of nitrogens with two attached hydrogens (primary N) is 1. The minimum Gasteiger partial charge on any atom is -0.328 e. The molecule has 0 heterocycles. The maximum atomic E-state index is 12.1. The molecule has 1 aliphatic carbocycles. The number of hydrogen-bond acceptors (Lipinski definition) is 2. The summed E-state index contributed by atoms with van der Waals surface area (Å²) in [6.07, 6.45) is 3.51. The second-order valence-electron chi connectivity index (χ2n) is 4.73. The van der Waals surface area contributed by atoms with Gasteiger partial charge in [0.25, 0.3) is 0 Å². The highest BCUT2D eigenvalue weighted by Crippen LogP contribution is 2.28. The van der Waals surface area contributed by atoms with Crippen molar-refractivity contribution in [3.05, 3.63) is 28.2 Å². The first kappa shape index (κ1) is 13.7. The van der Waals surface area contributed by atoms with E-state index in [1.165, 1.54) is 0 Å². The predicted molar refractivity (Wildman–Crippen MR) is 75.0 cm³/mol. The Morgan fingerprint density at radius 3 is 2.50 bits per heavy atom. The monoisotopic (exact) mass is 286 g/mol. The summed E-state index contributed by atoms with van der Waals surface area (Å²) in [5.41, 5.74) is 6.43. The quantitative estimate of drug-likeness (QED) is 0.875. The Morgan fingerprint density at radius 2 is 1.89 bits per heavy atom. The molecule has 0 aliphatic heterocycles. The van der Waals surface area contributed by atoms with Crippen LogP contribution in [0.3, 0.4) is 0 Å². The number of rotatable bonds is 2. The zero-order valence-corrected chi connectivity index (χ0v) is 11.5. The number of hydrogen-bond donors (Lipinski definition) is 2. The molecule has 0 bridgehead atoms. The van der Waals surface area contributed by atoms with Crippen LogP contribution in [0.25, 0.3) is 0 Å². The Hall–Kier alpha value is -0.770. The summed E-state index contributed by atoms with van der Waals surface area (Å²) < 4.78 is 0. The second kappa shape index (κ2) is 5.91. The predicted octanol–water partition coefficient (Wildman–Crippen LogP) is 3.45. The van der Waals surface area contributed by atoms with Gasteiger partial charge in [0.1, 0.15) is 0 Å². The number of carbonyl (C=O) groups is 1. The fourth-order valence-corrected chi connectivity index (χ4v) is 2.66. The third-order valence-electron chi connectivity index (χ3n) is 3.33. The van der Waals surface area contributed by atoms with E-state index in [1.54, 1.807) is 18.2 Å². The van der Waals surface area contributed by atoms with Gasteiger partial charge in [0.05, 0.1) is 10.7 Å². The molecule has 2 rings (SSSR count). The van der Waals surface area contributed by atoms with Crippen LogP contribution in [0.2, 0.25) is 10.0 Å². The molecule has 1 amide bonds. The van der Waals surface area contributed by atoms with E-state index in [2.05, 4.69) is 5.32 Å². The number of anilines is 1. The van der Waals surface area contributed by atoms with Gasteiger partial charge >= 0.3 is 0 Å². The lowest BCUT2D eigenvalue weighted by molar-refractivity contribution is -0.120. The van der Waals surface area contributed by atoms with Crippen molar-refractivity contribution in [3.8, 4) is 0 Å². The van der Waals surface area contributed by atoms with Gasteiger partial charge in [0, 0.05) is 17.0 Å². The summed E-state index contributed by atoms with van der Waals surface area (Å²) in [6, 6.07) is 5.29. The molecule has 0 radical (unpaired) electrons. The lowest BCUT2D eigenvalue weighted by atomic mass is 9.86. The average molecular weight is 287 g/mol. The van der Waals surface area contributed by atoms with E-state index in [4.69, 9.17) is 28.9 Å². The molecule has 18 heavy (non-hydrogen) atoms. The topological polar surface area (TPSA) is 55.1 Å². The molecule has 0 spiro atoms. The summed E-state index contributed by atoms with van der Waals surface area (Å²) in [5, 5.41) is 3.87. The minimum absolute atomic E-state index is 0.0196. The van der Waals surface area contributed by atoms with Gasteiger partial charge in [-0.05, 0) is 43.9 Å². The molecule has 5 heteroatoms. The number of amides is 1. The minimum atomic E-state index is 0.0196. The van der Waals surface area contributed by atoms with E-state index in [0.717, 1.165) is 25.7 Å². The summed E-state index contributed by atoms with van der Waals surface area (Å²) in [5.74, 6) is 0.0580. The molecule has 0 saturated heterocycles. The van der Waals surface area contributed by atoms with Crippen LogP contribution in [0, 0.1) is 5.92 Å². The van der Waals surface area contributed by atoms with Crippen molar-refractivity contribution in [3.63, 3.8) is 0 Å². The van der Waals surface area contributed by atoms with Crippen LogP contribution >= 0.6 is 23.2 Å². The second-order valence-corrected chi connectivity index (χ2v) is 5.57. The smallest absolute Gasteiger partial charge is 0.227 e. The molecule has 3 N–H and O–H groups in total. The van der Waals surface area contributed by atoms with Crippen LogP contribution in [0.5, 0.6) is 0 Å². The van der Waals surface area contributed by atoms with Crippen molar-refractivity contribution in [2.75, 3.05) is 5.32 Å². The Labute approximate surface area is 117 Å². The molecule has 1 aliphatic rings. The van der Waals surface area contributed by atoms with Crippen molar-refractivity contribution >= 4 is 34.8 Å². The van der Waals surface area contributed by atoms with Crippen molar-refractivity contribution in [1.82, 2.24) is 0 Å². The highest BCUT2D eigenvalue weighted by atomic mass is 35.5. The third-order valence-corrected chi connectivity index (χ3v) is 3.88. The summed E-state index contributed by atoms with van der Waals surface area (Å²) in [6.45, 7) is 0. The SMILES string of the molecule is NC1CCC(C(=O)Nc2ccc(Cl)cc2Cl)CC1. The summed E-state index contributed by atoms with van der Waals surface area (Å²) >= 11 is 11.8. The lowest BCUT2D eigenvalue weighted by Crippen LogP contribution is -2.32. The summed E-state index contributed by atoms with van der Waals surface area (Å²) in [7, 11) is 0. The first-order valence-electron chi connectivity index (χ1n) is 6.08. The largest absolute Gasteiger partial charge is 0.328 e. The van der Waals surface area contributed by atoms with Crippen LogP contribution in [0.15, 0.2) is 18.2 Å². The normalized spacial score (nSPS) is 23.7. The summed E-state index contributed by atoms with van der Waals surface area (Å²) in [4.78, 5) is 12.1. The van der Waals surface area contributed by atoms with Crippen LogP contribution < -0.4 is 11.1 Å². The van der Waals surface area contributed by atoms with E-state index in [0.29, 0.717) is 15.7 Å². The van der Waals surface area contributed by atoms with E-state index >= 15 is 0 Å². The van der Waals surface area contributed by atoms with Crippen LogP contribution in [-0.4, -0.2) is 11.9 Å². The Balaban J connectivity index is 1.98. The van der Waals surface area contributed by atoms with Crippen LogP contribution in [0.1, 0.15) is 25.7 Å². The van der Waals surface area contributed by atoms with Gasteiger partial charge in [-0.25, -0.2) is 0 Å². The standard InChI is InChI=1S/C13H16Cl2N2O/c14-9-3-6-12(11(15)7-9)17-13(18)8-1-4-10(16)5-2-8/h3,6-8,10H,1-2,4-5,16H2,(H,17,18). The Morgan fingerprint density at radius 1 is 1.22 bits per heavy atom. The highest BCUT2D eigenvalue weighted by Gasteiger charge is 2.24. The maximum Gasteiger partial charge on any atom is 0.227 e. The Kier molecular flexibility index (Phi) is 4.49. The molecule has 0 unspecified atom stereocenters. The van der Waals surface area contributed by atoms with E-state index in [9.17, 15) is 4.79 Å². The molecule has 98 valence electrons. The molecule has 1 fully saturated rings. The molecule has 0 aromatic heterocycles. The van der Waals surface area contributed by atoms with Gasteiger partial charge in [-0.15, -0.1) is 0 Å². The van der Waals surface area contributed by atoms with Gasteiger partial charge in [-0.3, -0.25) is 4.79 Å². The van der Waals surface area contributed by atoms with Crippen molar-refractivity contribution in [1.29, 1.82) is 0 Å². The van der Waals surface area contributed by atoms with Crippen LogP contribution in [0.4, 0.5) is 5.69 Å². The fraction of sp³-hybridized carbons (Fsp3) is 0.462. The molecule has 1 aromatic carbocycles. The van der Waals surface area contributed by atoms with Gasteiger partial charge < -0.3 is 11.1 Å². The average Bonchev–Trinajstić information content (AvgIpc) is 2.33.